The van der Waals surface area contributed by atoms with Crippen LogP contribution in [0.25, 0.3) is 5.69 Å². The average Bonchev–Trinajstić information content (AvgIpc) is 2.43. The quantitative estimate of drug-likeness (QED) is 0.727. The van der Waals surface area contributed by atoms with Crippen molar-refractivity contribution in [2.45, 2.75) is 41.5 Å². The molecule has 0 unspecified atom stereocenters. The largest absolute Gasteiger partial charge is 0.300 e. The van der Waals surface area contributed by atoms with Crippen LogP contribution in [0.5, 0.6) is 0 Å². The number of nitrogens with zero attached hydrogens (tertiary/aromatic N) is 2. The van der Waals surface area contributed by atoms with Gasteiger partial charge in [-0.15, -0.1) is 0 Å². The summed E-state index contributed by atoms with van der Waals surface area (Å²) < 4.78 is 2.26. The molecule has 0 N–H and O–H groups in total. The van der Waals surface area contributed by atoms with Crippen LogP contribution >= 0.6 is 0 Å². The number of aromatic nitrogens is 2. The van der Waals surface area contributed by atoms with Gasteiger partial charge < -0.3 is 4.57 Å². The molecule has 17 heavy (non-hydrogen) atoms. The van der Waals surface area contributed by atoms with Gasteiger partial charge in [-0.25, -0.2) is 4.98 Å². The molecule has 2 nitrogen and oxygen atoms in total. The summed E-state index contributed by atoms with van der Waals surface area (Å²) in [6.07, 6.45) is 0. The van der Waals surface area contributed by atoms with Crippen molar-refractivity contribution < 1.29 is 0 Å². The smallest absolute Gasteiger partial charge is 0.110 e. The molecule has 0 amide bonds. The van der Waals surface area contributed by atoms with Crippen molar-refractivity contribution in [1.29, 1.82) is 0 Å². The van der Waals surface area contributed by atoms with E-state index < -0.39 is 0 Å². The van der Waals surface area contributed by atoms with Gasteiger partial charge in [0.25, 0.3) is 0 Å². The molecule has 1 aromatic carbocycles. The number of aryl methyl sites for hydroxylation is 5. The topological polar surface area (TPSA) is 17.8 Å². The van der Waals surface area contributed by atoms with Gasteiger partial charge in [0.15, 0.2) is 0 Å². The number of hydrogen-bond donors (Lipinski definition) is 0. The van der Waals surface area contributed by atoms with E-state index in [-0.39, 0.29) is 0 Å². The van der Waals surface area contributed by atoms with Crippen molar-refractivity contribution in [3.05, 3.63) is 46.0 Å². The van der Waals surface area contributed by atoms with E-state index in [1.807, 2.05) is 0 Å². The number of imidazole rings is 1. The summed E-state index contributed by atoms with van der Waals surface area (Å²) in [6.45, 7) is 12.8. The van der Waals surface area contributed by atoms with E-state index in [0.29, 0.717) is 0 Å². The summed E-state index contributed by atoms with van der Waals surface area (Å²) in [7, 11) is 0. The predicted octanol–water partition coefficient (Wildman–Crippen LogP) is 3.72. The fraction of sp³-hybridized carbons (Fsp3) is 0.400. The number of hydrogen-bond acceptors (Lipinski definition) is 1. The molecule has 0 fully saturated rings. The Bertz CT molecular complexity index is 554. The molecule has 0 bridgehead atoms. The monoisotopic (exact) mass is 228 g/mol. The summed E-state index contributed by atoms with van der Waals surface area (Å²) in [4.78, 5) is 4.55. The Kier molecular flexibility index (Phi) is 2.82. The molecule has 0 radical (unpaired) electrons. The summed E-state index contributed by atoms with van der Waals surface area (Å²) in [6, 6.07) is 4.47. The minimum absolute atomic E-state index is 1.06. The van der Waals surface area contributed by atoms with Gasteiger partial charge in [0.1, 0.15) is 5.82 Å². The second kappa shape index (κ2) is 4.02. The van der Waals surface area contributed by atoms with Crippen molar-refractivity contribution in [2.75, 3.05) is 0 Å². The fourth-order valence-electron chi connectivity index (χ4n) is 2.63. The highest BCUT2D eigenvalue weighted by molar-refractivity contribution is 5.51. The van der Waals surface area contributed by atoms with Crippen LogP contribution in [0.15, 0.2) is 12.1 Å². The first-order valence-corrected chi connectivity index (χ1v) is 6.02. The normalized spacial score (nSPS) is 10.9. The van der Waals surface area contributed by atoms with E-state index in [0.717, 1.165) is 11.5 Å². The molecule has 2 aromatic rings. The molecule has 90 valence electrons. The van der Waals surface area contributed by atoms with Crippen molar-refractivity contribution in [2.24, 2.45) is 0 Å². The fourth-order valence-corrected chi connectivity index (χ4v) is 2.63. The zero-order valence-corrected chi connectivity index (χ0v) is 11.5. The van der Waals surface area contributed by atoms with E-state index in [4.69, 9.17) is 0 Å². The molecule has 0 aliphatic heterocycles. The second-order valence-corrected chi connectivity index (χ2v) is 4.91. The van der Waals surface area contributed by atoms with Crippen molar-refractivity contribution in [3.8, 4) is 5.69 Å². The van der Waals surface area contributed by atoms with E-state index in [2.05, 4.69) is 63.2 Å². The van der Waals surface area contributed by atoms with Gasteiger partial charge in [-0.3, -0.25) is 0 Å². The van der Waals surface area contributed by atoms with Crippen LogP contribution in [0.2, 0.25) is 0 Å². The Morgan fingerprint density at radius 2 is 1.41 bits per heavy atom. The number of benzene rings is 1. The minimum atomic E-state index is 1.06. The standard InChI is InChI=1S/C15H20N2/c1-9-7-10(2)15(11(3)8-9)17-13(5)12(4)16-14(17)6/h7-8H,1-6H3. The van der Waals surface area contributed by atoms with Gasteiger partial charge >= 0.3 is 0 Å². The highest BCUT2D eigenvalue weighted by Crippen LogP contribution is 2.25. The Hall–Kier alpha value is -1.57. The molecule has 0 spiro atoms. The third-order valence-electron chi connectivity index (χ3n) is 3.37. The van der Waals surface area contributed by atoms with Gasteiger partial charge in [-0.1, -0.05) is 17.7 Å². The van der Waals surface area contributed by atoms with Crippen LogP contribution in [0.3, 0.4) is 0 Å². The first kappa shape index (κ1) is 11.9. The molecule has 2 heteroatoms. The summed E-state index contributed by atoms with van der Waals surface area (Å²) in [5, 5.41) is 0. The molecule has 1 heterocycles. The highest BCUT2D eigenvalue weighted by Gasteiger charge is 2.13. The van der Waals surface area contributed by atoms with Crippen LogP contribution < -0.4 is 0 Å². The summed E-state index contributed by atoms with van der Waals surface area (Å²) >= 11 is 0. The number of rotatable bonds is 1. The van der Waals surface area contributed by atoms with Crippen molar-refractivity contribution >= 4 is 0 Å². The maximum absolute atomic E-state index is 4.55. The van der Waals surface area contributed by atoms with E-state index in [1.165, 1.54) is 28.1 Å². The van der Waals surface area contributed by atoms with Gasteiger partial charge in [-0.05, 0) is 52.7 Å². The Balaban J connectivity index is 2.77. The van der Waals surface area contributed by atoms with Crippen LogP contribution in [0.1, 0.15) is 33.9 Å². The maximum Gasteiger partial charge on any atom is 0.110 e. The van der Waals surface area contributed by atoms with Crippen LogP contribution in [-0.4, -0.2) is 9.55 Å². The third kappa shape index (κ3) is 1.88. The lowest BCUT2D eigenvalue weighted by atomic mass is 10.0. The first-order valence-electron chi connectivity index (χ1n) is 6.02. The molecule has 0 saturated heterocycles. The van der Waals surface area contributed by atoms with Crippen molar-refractivity contribution in [1.82, 2.24) is 9.55 Å². The molecule has 2 rings (SSSR count). The van der Waals surface area contributed by atoms with E-state index in [1.54, 1.807) is 0 Å². The predicted molar refractivity (Wildman–Crippen MR) is 72.0 cm³/mol. The summed E-state index contributed by atoms with van der Waals surface area (Å²) in [5.74, 6) is 1.06. The van der Waals surface area contributed by atoms with Gasteiger partial charge in [0.2, 0.25) is 0 Å². The lowest BCUT2D eigenvalue weighted by Crippen LogP contribution is -2.04. The van der Waals surface area contributed by atoms with Gasteiger partial charge in [0.05, 0.1) is 11.4 Å². The van der Waals surface area contributed by atoms with E-state index >= 15 is 0 Å². The molecule has 0 saturated carbocycles. The lowest BCUT2D eigenvalue weighted by Gasteiger charge is -2.15. The third-order valence-corrected chi connectivity index (χ3v) is 3.37. The van der Waals surface area contributed by atoms with Gasteiger partial charge in [0, 0.05) is 5.69 Å². The summed E-state index contributed by atoms with van der Waals surface area (Å²) in [5.41, 5.74) is 7.57. The maximum atomic E-state index is 4.55. The molecule has 1 aromatic heterocycles. The van der Waals surface area contributed by atoms with Crippen molar-refractivity contribution in [3.63, 3.8) is 0 Å². The molecule has 0 aliphatic carbocycles. The Labute approximate surface area is 103 Å². The zero-order chi connectivity index (χ0) is 12.7. The lowest BCUT2D eigenvalue weighted by molar-refractivity contribution is 0.920. The molecule has 0 aliphatic rings. The minimum Gasteiger partial charge on any atom is -0.300 e. The first-order chi connectivity index (χ1) is 7.91. The van der Waals surface area contributed by atoms with Gasteiger partial charge in [-0.2, -0.15) is 0 Å². The average molecular weight is 228 g/mol. The highest BCUT2D eigenvalue weighted by atomic mass is 15.1. The van der Waals surface area contributed by atoms with Crippen LogP contribution in [-0.2, 0) is 0 Å². The molecular weight excluding hydrogens is 208 g/mol. The molecular formula is C15H20N2. The van der Waals surface area contributed by atoms with E-state index in [9.17, 15) is 0 Å². The van der Waals surface area contributed by atoms with Crippen LogP contribution in [0, 0.1) is 41.5 Å². The Morgan fingerprint density at radius 3 is 1.82 bits per heavy atom. The SMILES string of the molecule is Cc1cc(C)c(-n2c(C)nc(C)c2C)c(C)c1. The molecule has 0 atom stereocenters. The zero-order valence-electron chi connectivity index (χ0n) is 11.5. The Morgan fingerprint density at radius 1 is 0.882 bits per heavy atom. The second-order valence-electron chi connectivity index (χ2n) is 4.91. The van der Waals surface area contributed by atoms with Crippen LogP contribution in [0.4, 0.5) is 0 Å².